The number of nitrogens with zero attached hydrogens (tertiary/aromatic N) is 1. The Hall–Kier alpha value is -0.930. The van der Waals surface area contributed by atoms with Gasteiger partial charge in [0.15, 0.2) is 0 Å². The summed E-state index contributed by atoms with van der Waals surface area (Å²) in [6.07, 6.45) is 9.06. The van der Waals surface area contributed by atoms with Crippen LogP contribution in [0, 0.1) is 0 Å². The largest absolute Gasteiger partial charge is 0.374 e. The minimum Gasteiger partial charge on any atom is -0.374 e. The number of rotatable bonds is 6. The minimum absolute atomic E-state index is 0.353. The van der Waals surface area contributed by atoms with Crippen LogP contribution in [0.1, 0.15) is 38.7 Å². The molecule has 3 unspecified atom stereocenters. The summed E-state index contributed by atoms with van der Waals surface area (Å²) in [6.45, 7) is 5.42. The van der Waals surface area contributed by atoms with Crippen molar-refractivity contribution in [1.82, 2.24) is 10.3 Å². The molecule has 0 aromatic carbocycles. The van der Waals surface area contributed by atoms with Crippen LogP contribution in [-0.4, -0.2) is 29.8 Å². The summed E-state index contributed by atoms with van der Waals surface area (Å²) in [5.41, 5.74) is 1.29. The van der Waals surface area contributed by atoms with Crippen molar-refractivity contribution >= 4 is 0 Å². The van der Waals surface area contributed by atoms with Crippen molar-refractivity contribution in [3.05, 3.63) is 30.1 Å². The van der Waals surface area contributed by atoms with E-state index in [0.717, 1.165) is 19.4 Å². The molecule has 3 heteroatoms. The van der Waals surface area contributed by atoms with E-state index in [1.54, 1.807) is 0 Å². The van der Waals surface area contributed by atoms with Gasteiger partial charge in [-0.25, -0.2) is 0 Å². The van der Waals surface area contributed by atoms with Gasteiger partial charge in [-0.15, -0.1) is 0 Å². The van der Waals surface area contributed by atoms with Gasteiger partial charge in [-0.1, -0.05) is 13.0 Å². The van der Waals surface area contributed by atoms with Crippen LogP contribution < -0.4 is 5.32 Å². The standard InChI is InChI=1S/C15H24N2O/c1-3-8-17-14(15-7-6-12(2)18-15)10-13-5-4-9-16-11-13/h4-5,9,11-12,14-15,17H,3,6-8,10H2,1-2H3. The summed E-state index contributed by atoms with van der Waals surface area (Å²) in [4.78, 5) is 4.19. The zero-order valence-corrected chi connectivity index (χ0v) is 11.4. The van der Waals surface area contributed by atoms with Gasteiger partial charge in [0.25, 0.3) is 0 Å². The van der Waals surface area contributed by atoms with Crippen LogP contribution in [0.2, 0.25) is 0 Å². The third-order valence-corrected chi connectivity index (χ3v) is 3.55. The van der Waals surface area contributed by atoms with Crippen molar-refractivity contribution in [3.8, 4) is 0 Å². The van der Waals surface area contributed by atoms with E-state index >= 15 is 0 Å². The van der Waals surface area contributed by atoms with Crippen LogP contribution in [0.25, 0.3) is 0 Å². The van der Waals surface area contributed by atoms with E-state index in [2.05, 4.69) is 30.2 Å². The first-order valence-corrected chi connectivity index (χ1v) is 7.07. The van der Waals surface area contributed by atoms with Crippen molar-refractivity contribution in [2.45, 2.75) is 57.8 Å². The highest BCUT2D eigenvalue weighted by Gasteiger charge is 2.29. The molecule has 18 heavy (non-hydrogen) atoms. The van der Waals surface area contributed by atoms with E-state index in [1.165, 1.54) is 18.4 Å². The third-order valence-electron chi connectivity index (χ3n) is 3.55. The van der Waals surface area contributed by atoms with Crippen LogP contribution in [0.5, 0.6) is 0 Å². The Morgan fingerprint density at radius 3 is 3.00 bits per heavy atom. The Morgan fingerprint density at radius 1 is 1.50 bits per heavy atom. The van der Waals surface area contributed by atoms with Gasteiger partial charge in [0.2, 0.25) is 0 Å². The molecule has 0 spiro atoms. The van der Waals surface area contributed by atoms with Gasteiger partial charge in [0.1, 0.15) is 0 Å². The maximum Gasteiger partial charge on any atom is 0.0735 e. The zero-order chi connectivity index (χ0) is 12.8. The van der Waals surface area contributed by atoms with E-state index in [-0.39, 0.29) is 0 Å². The monoisotopic (exact) mass is 248 g/mol. The van der Waals surface area contributed by atoms with Crippen molar-refractivity contribution in [3.63, 3.8) is 0 Å². The molecule has 1 aromatic rings. The first-order valence-electron chi connectivity index (χ1n) is 7.07. The fraction of sp³-hybridized carbons (Fsp3) is 0.667. The van der Waals surface area contributed by atoms with Crippen LogP contribution >= 0.6 is 0 Å². The fourth-order valence-corrected chi connectivity index (χ4v) is 2.57. The van der Waals surface area contributed by atoms with Gasteiger partial charge < -0.3 is 10.1 Å². The van der Waals surface area contributed by atoms with Crippen molar-refractivity contribution in [1.29, 1.82) is 0 Å². The van der Waals surface area contributed by atoms with E-state index < -0.39 is 0 Å². The molecule has 1 N–H and O–H groups in total. The Bertz CT molecular complexity index is 342. The van der Waals surface area contributed by atoms with Crippen molar-refractivity contribution in [2.24, 2.45) is 0 Å². The van der Waals surface area contributed by atoms with Crippen LogP contribution in [-0.2, 0) is 11.2 Å². The summed E-state index contributed by atoms with van der Waals surface area (Å²) < 4.78 is 6.01. The van der Waals surface area contributed by atoms with Gasteiger partial charge in [0, 0.05) is 18.4 Å². The maximum absolute atomic E-state index is 6.01. The molecule has 0 saturated carbocycles. The molecule has 0 bridgehead atoms. The summed E-state index contributed by atoms with van der Waals surface area (Å²) in [5.74, 6) is 0. The van der Waals surface area contributed by atoms with Crippen molar-refractivity contribution in [2.75, 3.05) is 6.54 Å². The lowest BCUT2D eigenvalue weighted by Crippen LogP contribution is -2.42. The molecule has 2 rings (SSSR count). The Labute approximate surface area is 110 Å². The van der Waals surface area contributed by atoms with Gasteiger partial charge >= 0.3 is 0 Å². The van der Waals surface area contributed by atoms with E-state index in [4.69, 9.17) is 4.74 Å². The molecule has 1 saturated heterocycles. The number of pyridine rings is 1. The molecule has 0 aliphatic carbocycles. The molecule has 3 nitrogen and oxygen atoms in total. The molecule has 3 atom stereocenters. The van der Waals surface area contributed by atoms with Gasteiger partial charge in [-0.05, 0) is 50.8 Å². The second kappa shape index (κ2) is 6.86. The van der Waals surface area contributed by atoms with E-state index in [9.17, 15) is 0 Å². The SMILES string of the molecule is CCCNC(Cc1cccnc1)C1CCC(C)O1. The molecule has 100 valence electrons. The highest BCUT2D eigenvalue weighted by atomic mass is 16.5. The number of hydrogen-bond acceptors (Lipinski definition) is 3. The molecular weight excluding hydrogens is 224 g/mol. The summed E-state index contributed by atoms with van der Waals surface area (Å²) in [7, 11) is 0. The number of ether oxygens (including phenoxy) is 1. The summed E-state index contributed by atoms with van der Waals surface area (Å²) in [6, 6.07) is 4.56. The lowest BCUT2D eigenvalue weighted by Gasteiger charge is -2.25. The smallest absolute Gasteiger partial charge is 0.0735 e. The molecule has 2 heterocycles. The summed E-state index contributed by atoms with van der Waals surface area (Å²) in [5, 5.41) is 3.63. The van der Waals surface area contributed by atoms with Crippen LogP contribution in [0.3, 0.4) is 0 Å². The third kappa shape index (κ3) is 3.79. The Balaban J connectivity index is 1.96. The van der Waals surface area contributed by atoms with Crippen LogP contribution in [0.4, 0.5) is 0 Å². The molecule has 1 aliphatic rings. The summed E-state index contributed by atoms with van der Waals surface area (Å²) >= 11 is 0. The molecule has 0 amide bonds. The van der Waals surface area contributed by atoms with E-state index in [1.807, 2.05) is 18.5 Å². The lowest BCUT2D eigenvalue weighted by atomic mass is 10.00. The predicted octanol–water partition coefficient (Wildman–Crippen LogP) is 2.56. The molecule has 1 aromatic heterocycles. The topological polar surface area (TPSA) is 34.2 Å². The van der Waals surface area contributed by atoms with Gasteiger partial charge in [-0.3, -0.25) is 4.98 Å². The molecular formula is C15H24N2O. The van der Waals surface area contributed by atoms with Crippen molar-refractivity contribution < 1.29 is 4.74 Å². The second-order valence-electron chi connectivity index (χ2n) is 5.19. The quantitative estimate of drug-likeness (QED) is 0.840. The maximum atomic E-state index is 6.01. The molecule has 0 radical (unpaired) electrons. The molecule has 1 aliphatic heterocycles. The first kappa shape index (κ1) is 13.5. The minimum atomic E-state index is 0.353. The average molecular weight is 248 g/mol. The number of hydrogen-bond donors (Lipinski definition) is 1. The molecule has 1 fully saturated rings. The normalized spacial score (nSPS) is 25.2. The van der Waals surface area contributed by atoms with Gasteiger partial charge in [0.05, 0.1) is 12.2 Å². The highest BCUT2D eigenvalue weighted by molar-refractivity contribution is 5.11. The number of aromatic nitrogens is 1. The highest BCUT2D eigenvalue weighted by Crippen LogP contribution is 2.23. The zero-order valence-electron chi connectivity index (χ0n) is 11.4. The Kier molecular flexibility index (Phi) is 5.14. The predicted molar refractivity (Wildman–Crippen MR) is 73.6 cm³/mol. The van der Waals surface area contributed by atoms with Gasteiger partial charge in [-0.2, -0.15) is 0 Å². The first-order chi connectivity index (χ1) is 8.79. The fourth-order valence-electron chi connectivity index (χ4n) is 2.57. The van der Waals surface area contributed by atoms with Crippen LogP contribution in [0.15, 0.2) is 24.5 Å². The Morgan fingerprint density at radius 2 is 2.39 bits per heavy atom. The second-order valence-corrected chi connectivity index (χ2v) is 5.19. The lowest BCUT2D eigenvalue weighted by molar-refractivity contribution is 0.0320. The van der Waals surface area contributed by atoms with E-state index in [0.29, 0.717) is 18.2 Å². The number of nitrogens with one attached hydrogen (secondary N) is 1. The average Bonchev–Trinajstić information content (AvgIpc) is 2.82.